The summed E-state index contributed by atoms with van der Waals surface area (Å²) < 4.78 is 12.0. The molecule has 3 heteroatoms. The molecule has 0 bridgehead atoms. The molecular formula is C14H23NOS. The van der Waals surface area contributed by atoms with E-state index in [4.69, 9.17) is 5.73 Å². The van der Waals surface area contributed by atoms with Crippen LogP contribution in [0.25, 0.3) is 0 Å². The normalized spacial score (nSPS) is 13.6. The second kappa shape index (κ2) is 6.31. The van der Waals surface area contributed by atoms with Crippen LogP contribution >= 0.6 is 0 Å². The molecule has 1 rings (SSSR count). The molecule has 1 aromatic rings. The van der Waals surface area contributed by atoms with Gasteiger partial charge in [-0.05, 0) is 43.9 Å². The fraction of sp³-hybridized carbons (Fsp3) is 0.571. The molecule has 1 atom stereocenters. The first-order valence-corrected chi connectivity index (χ1v) is 7.42. The Kier molecular flexibility index (Phi) is 5.34. The van der Waals surface area contributed by atoms with Gasteiger partial charge in [0.2, 0.25) is 0 Å². The molecule has 0 fully saturated rings. The monoisotopic (exact) mass is 253 g/mol. The molecule has 0 amide bonds. The second-order valence-electron chi connectivity index (χ2n) is 5.33. The van der Waals surface area contributed by atoms with E-state index in [1.165, 1.54) is 5.56 Å². The Hall–Kier alpha value is -0.670. The number of rotatable bonds is 6. The average Bonchev–Trinajstić information content (AvgIpc) is 2.29. The van der Waals surface area contributed by atoms with Crippen LogP contribution in [0, 0.1) is 12.3 Å². The largest absolute Gasteiger partial charge is 0.330 e. The predicted molar refractivity (Wildman–Crippen MR) is 74.5 cm³/mol. The third kappa shape index (κ3) is 5.00. The van der Waals surface area contributed by atoms with Crippen LogP contribution in [0.15, 0.2) is 29.2 Å². The highest BCUT2D eigenvalue weighted by atomic mass is 32.2. The SMILES string of the molecule is Cc1ccc(S(=O)CCCC(C)(C)CN)cc1. The Morgan fingerprint density at radius 3 is 2.35 bits per heavy atom. The maximum atomic E-state index is 12.0. The van der Waals surface area contributed by atoms with Crippen molar-refractivity contribution in [2.24, 2.45) is 11.1 Å². The summed E-state index contributed by atoms with van der Waals surface area (Å²) in [6, 6.07) is 7.94. The quantitative estimate of drug-likeness (QED) is 0.847. The third-order valence-electron chi connectivity index (χ3n) is 3.02. The molecule has 2 N–H and O–H groups in total. The Labute approximate surface area is 107 Å². The van der Waals surface area contributed by atoms with Gasteiger partial charge in [-0.1, -0.05) is 31.5 Å². The molecule has 0 heterocycles. The van der Waals surface area contributed by atoms with Gasteiger partial charge in [-0.2, -0.15) is 0 Å². The summed E-state index contributed by atoms with van der Waals surface area (Å²) in [5.74, 6) is 0.729. The van der Waals surface area contributed by atoms with Gasteiger partial charge >= 0.3 is 0 Å². The summed E-state index contributed by atoms with van der Waals surface area (Å²) >= 11 is 0. The Morgan fingerprint density at radius 1 is 1.24 bits per heavy atom. The first-order valence-electron chi connectivity index (χ1n) is 6.10. The number of hydrogen-bond donors (Lipinski definition) is 1. The Morgan fingerprint density at radius 2 is 1.82 bits per heavy atom. The average molecular weight is 253 g/mol. The molecule has 0 aliphatic rings. The first kappa shape index (κ1) is 14.4. The van der Waals surface area contributed by atoms with Crippen LogP contribution in [-0.2, 0) is 10.8 Å². The maximum absolute atomic E-state index is 12.0. The molecule has 0 spiro atoms. The molecule has 2 nitrogen and oxygen atoms in total. The van der Waals surface area contributed by atoms with E-state index in [9.17, 15) is 4.21 Å². The van der Waals surface area contributed by atoms with E-state index < -0.39 is 10.8 Å². The van der Waals surface area contributed by atoms with E-state index in [2.05, 4.69) is 13.8 Å². The van der Waals surface area contributed by atoms with Crippen molar-refractivity contribution in [1.82, 2.24) is 0 Å². The van der Waals surface area contributed by atoms with Crippen LogP contribution < -0.4 is 5.73 Å². The van der Waals surface area contributed by atoms with Crippen molar-refractivity contribution >= 4 is 10.8 Å². The Bertz CT molecular complexity index is 370. The van der Waals surface area contributed by atoms with E-state index in [1.54, 1.807) is 0 Å². The molecule has 17 heavy (non-hydrogen) atoms. The van der Waals surface area contributed by atoms with E-state index >= 15 is 0 Å². The number of hydrogen-bond acceptors (Lipinski definition) is 2. The zero-order valence-electron chi connectivity index (χ0n) is 11.0. The minimum absolute atomic E-state index is 0.164. The van der Waals surface area contributed by atoms with Crippen molar-refractivity contribution in [3.8, 4) is 0 Å². The number of nitrogens with two attached hydrogens (primary N) is 1. The highest BCUT2D eigenvalue weighted by molar-refractivity contribution is 7.85. The zero-order valence-corrected chi connectivity index (χ0v) is 11.8. The van der Waals surface area contributed by atoms with Crippen LogP contribution in [0.3, 0.4) is 0 Å². The van der Waals surface area contributed by atoms with Crippen molar-refractivity contribution in [3.05, 3.63) is 29.8 Å². The summed E-state index contributed by atoms with van der Waals surface area (Å²) in [6.45, 7) is 7.03. The lowest BCUT2D eigenvalue weighted by molar-refractivity contribution is 0.344. The molecule has 1 aromatic carbocycles. The predicted octanol–water partition coefficient (Wildman–Crippen LogP) is 2.87. The van der Waals surface area contributed by atoms with Gasteiger partial charge in [-0.25, -0.2) is 0 Å². The fourth-order valence-electron chi connectivity index (χ4n) is 1.59. The summed E-state index contributed by atoms with van der Waals surface area (Å²) in [4.78, 5) is 0.932. The van der Waals surface area contributed by atoms with E-state index in [-0.39, 0.29) is 5.41 Å². The van der Waals surface area contributed by atoms with Crippen molar-refractivity contribution in [1.29, 1.82) is 0 Å². The minimum atomic E-state index is -0.869. The highest BCUT2D eigenvalue weighted by Gasteiger charge is 2.15. The smallest absolute Gasteiger partial charge is 0.0529 e. The van der Waals surface area contributed by atoms with E-state index in [0.29, 0.717) is 6.54 Å². The second-order valence-corrected chi connectivity index (χ2v) is 6.91. The lowest BCUT2D eigenvalue weighted by Crippen LogP contribution is -2.23. The molecule has 0 aromatic heterocycles. The molecule has 0 saturated carbocycles. The van der Waals surface area contributed by atoms with Gasteiger partial charge in [0.05, 0.1) is 10.8 Å². The number of benzene rings is 1. The molecule has 1 unspecified atom stereocenters. The zero-order chi connectivity index (χ0) is 12.9. The fourth-order valence-corrected chi connectivity index (χ4v) is 2.67. The Balaban J connectivity index is 2.43. The molecule has 0 saturated heterocycles. The van der Waals surface area contributed by atoms with Gasteiger partial charge in [0, 0.05) is 10.6 Å². The molecule has 96 valence electrons. The standard InChI is InChI=1S/C14H23NOS/c1-12-5-7-13(8-6-12)17(16)10-4-9-14(2,3)11-15/h5-8H,4,9-11,15H2,1-3H3. The highest BCUT2D eigenvalue weighted by Crippen LogP contribution is 2.21. The van der Waals surface area contributed by atoms with Crippen LogP contribution in [0.2, 0.25) is 0 Å². The van der Waals surface area contributed by atoms with Crippen LogP contribution in [-0.4, -0.2) is 16.5 Å². The minimum Gasteiger partial charge on any atom is -0.330 e. The molecular weight excluding hydrogens is 230 g/mol. The van der Waals surface area contributed by atoms with Gasteiger partial charge in [0.15, 0.2) is 0 Å². The van der Waals surface area contributed by atoms with Gasteiger partial charge < -0.3 is 5.73 Å². The van der Waals surface area contributed by atoms with E-state index in [1.807, 2.05) is 31.2 Å². The van der Waals surface area contributed by atoms with Crippen molar-refractivity contribution in [3.63, 3.8) is 0 Å². The van der Waals surface area contributed by atoms with Gasteiger partial charge in [-0.3, -0.25) is 4.21 Å². The molecule has 0 radical (unpaired) electrons. The van der Waals surface area contributed by atoms with Gasteiger partial charge in [0.25, 0.3) is 0 Å². The molecule has 0 aliphatic carbocycles. The molecule has 0 aliphatic heterocycles. The number of aryl methyl sites for hydroxylation is 1. The summed E-state index contributed by atoms with van der Waals surface area (Å²) in [7, 11) is -0.869. The first-order chi connectivity index (χ1) is 7.94. The summed E-state index contributed by atoms with van der Waals surface area (Å²) in [6.07, 6.45) is 1.99. The topological polar surface area (TPSA) is 43.1 Å². The van der Waals surface area contributed by atoms with Crippen LogP contribution in [0.1, 0.15) is 32.3 Å². The summed E-state index contributed by atoms with van der Waals surface area (Å²) in [5, 5.41) is 0. The van der Waals surface area contributed by atoms with Crippen molar-refractivity contribution in [2.45, 2.75) is 38.5 Å². The third-order valence-corrected chi connectivity index (χ3v) is 4.48. The summed E-state index contributed by atoms with van der Waals surface area (Å²) in [5.41, 5.74) is 7.04. The van der Waals surface area contributed by atoms with E-state index in [0.717, 1.165) is 23.5 Å². The maximum Gasteiger partial charge on any atom is 0.0529 e. The van der Waals surface area contributed by atoms with Crippen molar-refractivity contribution < 1.29 is 4.21 Å². The van der Waals surface area contributed by atoms with Gasteiger partial charge in [-0.15, -0.1) is 0 Å². The van der Waals surface area contributed by atoms with Gasteiger partial charge in [0.1, 0.15) is 0 Å². The van der Waals surface area contributed by atoms with Crippen LogP contribution in [0.4, 0.5) is 0 Å². The lowest BCUT2D eigenvalue weighted by atomic mass is 9.88. The van der Waals surface area contributed by atoms with Crippen LogP contribution in [0.5, 0.6) is 0 Å². The lowest BCUT2D eigenvalue weighted by Gasteiger charge is -2.21. The van der Waals surface area contributed by atoms with Crippen molar-refractivity contribution in [2.75, 3.05) is 12.3 Å².